The van der Waals surface area contributed by atoms with Crippen LogP contribution in [-0.2, 0) is 4.74 Å². The largest absolute Gasteiger partial charge is 0.393 e. The highest BCUT2D eigenvalue weighted by Gasteiger charge is 2.58. The third-order valence-corrected chi connectivity index (χ3v) is 5.97. The molecule has 19 heavy (non-hydrogen) atoms. The van der Waals surface area contributed by atoms with Gasteiger partial charge in [-0.2, -0.15) is 0 Å². The van der Waals surface area contributed by atoms with Crippen LogP contribution in [0.15, 0.2) is 0 Å². The topological polar surface area (TPSA) is 49.7 Å². The maximum Gasteiger partial charge on any atom is 0.0892 e. The van der Waals surface area contributed by atoms with E-state index in [0.29, 0.717) is 24.7 Å². The lowest BCUT2D eigenvalue weighted by atomic mass is 9.67. The molecule has 0 aromatic heterocycles. The average Bonchev–Trinajstić information content (AvgIpc) is 2.63. The van der Waals surface area contributed by atoms with Crippen LogP contribution in [-0.4, -0.2) is 35.1 Å². The summed E-state index contributed by atoms with van der Waals surface area (Å²) in [5.41, 5.74) is -0.953. The second-order valence-corrected chi connectivity index (χ2v) is 7.55. The van der Waals surface area contributed by atoms with Crippen LogP contribution in [0.1, 0.15) is 53.4 Å². The Morgan fingerprint density at radius 2 is 1.79 bits per heavy atom. The standard InChI is InChI=1S/C16H30O3/c1-10(2)11-6-8-15(3)12(17)7-9-16(4,18)14(19-5)13(11)15/h10-14,17-18H,6-9H2,1-5H3/t11-,12-,13+,14-,15-,16-/m1/s1. The number of rotatable bonds is 2. The van der Waals surface area contributed by atoms with Gasteiger partial charge in [0.1, 0.15) is 0 Å². The molecule has 2 aliphatic rings. The number of fused-ring (bicyclic) bond motifs is 1. The number of aliphatic hydroxyl groups is 2. The molecule has 0 unspecified atom stereocenters. The molecule has 2 aliphatic carbocycles. The van der Waals surface area contributed by atoms with Crippen molar-refractivity contribution in [1.82, 2.24) is 0 Å². The van der Waals surface area contributed by atoms with E-state index in [0.717, 1.165) is 12.8 Å². The zero-order valence-corrected chi connectivity index (χ0v) is 13.0. The molecule has 0 heterocycles. The fourth-order valence-electron chi connectivity index (χ4n) is 4.71. The Morgan fingerprint density at radius 3 is 2.32 bits per heavy atom. The Morgan fingerprint density at radius 1 is 1.16 bits per heavy atom. The fourth-order valence-corrected chi connectivity index (χ4v) is 4.71. The number of hydrogen-bond donors (Lipinski definition) is 2. The van der Waals surface area contributed by atoms with Gasteiger partial charge in [0.2, 0.25) is 0 Å². The first-order valence-corrected chi connectivity index (χ1v) is 7.67. The summed E-state index contributed by atoms with van der Waals surface area (Å²) in [6.07, 6.45) is 2.95. The van der Waals surface area contributed by atoms with Gasteiger partial charge in [-0.15, -0.1) is 0 Å². The predicted molar refractivity (Wildman–Crippen MR) is 75.8 cm³/mol. The van der Waals surface area contributed by atoms with Crippen LogP contribution < -0.4 is 0 Å². The van der Waals surface area contributed by atoms with Gasteiger partial charge < -0.3 is 14.9 Å². The van der Waals surface area contributed by atoms with Gasteiger partial charge in [-0.1, -0.05) is 20.8 Å². The molecular weight excluding hydrogens is 240 g/mol. The lowest BCUT2D eigenvalue weighted by molar-refractivity contribution is -0.136. The molecule has 0 aliphatic heterocycles. The molecule has 3 heteroatoms. The molecule has 0 saturated heterocycles. The minimum atomic E-state index is -0.838. The summed E-state index contributed by atoms with van der Waals surface area (Å²) in [6.45, 7) is 8.55. The van der Waals surface area contributed by atoms with E-state index in [9.17, 15) is 10.2 Å². The summed E-state index contributed by atoms with van der Waals surface area (Å²) >= 11 is 0. The van der Waals surface area contributed by atoms with Crippen molar-refractivity contribution in [2.45, 2.75) is 71.2 Å². The quantitative estimate of drug-likeness (QED) is 0.811. The third kappa shape index (κ3) is 2.34. The van der Waals surface area contributed by atoms with Crippen LogP contribution in [0.2, 0.25) is 0 Å². The fraction of sp³-hybridized carbons (Fsp3) is 1.00. The van der Waals surface area contributed by atoms with Crippen molar-refractivity contribution in [2.75, 3.05) is 7.11 Å². The van der Waals surface area contributed by atoms with Crippen LogP contribution in [0.25, 0.3) is 0 Å². The first-order valence-electron chi connectivity index (χ1n) is 7.67. The number of aliphatic hydroxyl groups excluding tert-OH is 1. The molecule has 2 saturated carbocycles. The van der Waals surface area contributed by atoms with Crippen LogP contribution in [0.3, 0.4) is 0 Å². The Kier molecular flexibility index (Phi) is 4.03. The molecule has 0 aromatic carbocycles. The van der Waals surface area contributed by atoms with E-state index >= 15 is 0 Å². The van der Waals surface area contributed by atoms with Crippen molar-refractivity contribution < 1.29 is 14.9 Å². The molecule has 6 atom stereocenters. The zero-order valence-electron chi connectivity index (χ0n) is 13.0. The maximum atomic E-state index is 10.8. The Balaban J connectivity index is 2.44. The van der Waals surface area contributed by atoms with E-state index in [4.69, 9.17) is 4.74 Å². The first kappa shape index (κ1) is 15.3. The normalized spacial score (nSPS) is 51.2. The van der Waals surface area contributed by atoms with Gasteiger partial charge in [0, 0.05) is 7.11 Å². The molecule has 0 bridgehead atoms. The van der Waals surface area contributed by atoms with Gasteiger partial charge in [0.15, 0.2) is 0 Å². The Bertz CT molecular complexity index is 326. The van der Waals surface area contributed by atoms with E-state index in [2.05, 4.69) is 20.8 Å². The second-order valence-electron chi connectivity index (χ2n) is 7.55. The highest BCUT2D eigenvalue weighted by molar-refractivity contribution is 5.08. The summed E-state index contributed by atoms with van der Waals surface area (Å²) in [6, 6.07) is 0. The van der Waals surface area contributed by atoms with E-state index in [1.54, 1.807) is 7.11 Å². The summed E-state index contributed by atoms with van der Waals surface area (Å²) < 4.78 is 5.73. The van der Waals surface area contributed by atoms with Gasteiger partial charge in [-0.3, -0.25) is 0 Å². The Labute approximate surface area is 117 Å². The first-order chi connectivity index (χ1) is 8.74. The SMILES string of the molecule is CO[C@@H]1[C@@H]2[C@@H](C(C)C)CC[C@]2(C)[C@H](O)CC[C@@]1(C)O. The molecule has 0 amide bonds. The van der Waals surface area contributed by atoms with Crippen molar-refractivity contribution in [1.29, 1.82) is 0 Å². The van der Waals surface area contributed by atoms with Crippen LogP contribution in [0.5, 0.6) is 0 Å². The van der Waals surface area contributed by atoms with E-state index in [1.807, 2.05) is 6.92 Å². The predicted octanol–water partition coefficient (Wildman–Crippen LogP) is 2.60. The highest BCUT2D eigenvalue weighted by atomic mass is 16.5. The molecule has 2 N–H and O–H groups in total. The molecular formula is C16H30O3. The van der Waals surface area contributed by atoms with Crippen molar-refractivity contribution in [3.05, 3.63) is 0 Å². The lowest BCUT2D eigenvalue weighted by Crippen LogP contribution is -2.50. The van der Waals surface area contributed by atoms with Crippen LogP contribution in [0.4, 0.5) is 0 Å². The number of methoxy groups -OCH3 is 1. The maximum absolute atomic E-state index is 10.8. The smallest absolute Gasteiger partial charge is 0.0892 e. The summed E-state index contributed by atoms with van der Waals surface area (Å²) in [7, 11) is 1.70. The molecule has 3 nitrogen and oxygen atoms in total. The molecule has 2 fully saturated rings. The molecule has 2 rings (SSSR count). The highest BCUT2D eigenvalue weighted by Crippen LogP contribution is 2.57. The van der Waals surface area contributed by atoms with E-state index in [-0.39, 0.29) is 23.5 Å². The summed E-state index contributed by atoms with van der Waals surface area (Å²) in [5, 5.41) is 21.4. The van der Waals surface area contributed by atoms with Crippen molar-refractivity contribution in [2.24, 2.45) is 23.2 Å². The molecule has 0 spiro atoms. The van der Waals surface area contributed by atoms with E-state index in [1.165, 1.54) is 0 Å². The minimum Gasteiger partial charge on any atom is -0.393 e. The zero-order chi connectivity index (χ0) is 14.4. The molecule has 112 valence electrons. The van der Waals surface area contributed by atoms with Gasteiger partial charge >= 0.3 is 0 Å². The van der Waals surface area contributed by atoms with Crippen LogP contribution >= 0.6 is 0 Å². The van der Waals surface area contributed by atoms with Crippen molar-refractivity contribution in [3.63, 3.8) is 0 Å². The number of hydrogen-bond acceptors (Lipinski definition) is 3. The molecule has 0 aromatic rings. The summed E-state index contributed by atoms with van der Waals surface area (Å²) in [5.74, 6) is 1.32. The van der Waals surface area contributed by atoms with Gasteiger partial charge in [0.05, 0.1) is 17.8 Å². The van der Waals surface area contributed by atoms with E-state index < -0.39 is 5.60 Å². The average molecular weight is 270 g/mol. The van der Waals surface area contributed by atoms with Crippen LogP contribution in [0, 0.1) is 23.2 Å². The number of ether oxygens (including phenoxy) is 1. The van der Waals surface area contributed by atoms with Gasteiger partial charge in [-0.25, -0.2) is 0 Å². The summed E-state index contributed by atoms with van der Waals surface area (Å²) in [4.78, 5) is 0. The monoisotopic (exact) mass is 270 g/mol. The minimum absolute atomic E-state index is 0.115. The van der Waals surface area contributed by atoms with Gasteiger partial charge in [0.25, 0.3) is 0 Å². The van der Waals surface area contributed by atoms with Crippen molar-refractivity contribution in [3.8, 4) is 0 Å². The molecule has 0 radical (unpaired) electrons. The lowest BCUT2D eigenvalue weighted by Gasteiger charge is -2.43. The van der Waals surface area contributed by atoms with Gasteiger partial charge in [-0.05, 0) is 55.8 Å². The third-order valence-electron chi connectivity index (χ3n) is 5.97. The Hall–Kier alpha value is -0.120. The second kappa shape index (κ2) is 5.01. The van der Waals surface area contributed by atoms with Crippen molar-refractivity contribution >= 4 is 0 Å².